The van der Waals surface area contributed by atoms with Gasteiger partial charge in [-0.2, -0.15) is 5.10 Å². The minimum absolute atomic E-state index is 0.0267. The topological polar surface area (TPSA) is 95.1 Å². The van der Waals surface area contributed by atoms with Crippen molar-refractivity contribution in [1.29, 1.82) is 0 Å². The van der Waals surface area contributed by atoms with Crippen molar-refractivity contribution in [3.63, 3.8) is 0 Å². The smallest absolute Gasteiger partial charge is 0.232 e. The summed E-state index contributed by atoms with van der Waals surface area (Å²) in [6.07, 6.45) is 4.49. The van der Waals surface area contributed by atoms with Crippen molar-refractivity contribution in [3.05, 3.63) is 42.5 Å². The highest BCUT2D eigenvalue weighted by molar-refractivity contribution is 5.95. The molecule has 3 N–H and O–H groups in total. The third kappa shape index (κ3) is 3.57. The molecule has 0 radical (unpaired) electrons. The van der Waals surface area contributed by atoms with Crippen LogP contribution in [0.3, 0.4) is 0 Å². The first kappa shape index (κ1) is 15.6. The molecule has 2 heterocycles. The monoisotopic (exact) mass is 315 g/mol. The second kappa shape index (κ2) is 6.89. The van der Waals surface area contributed by atoms with E-state index in [4.69, 9.17) is 10.5 Å². The van der Waals surface area contributed by atoms with Crippen LogP contribution >= 0.6 is 0 Å². The van der Waals surface area contributed by atoms with Gasteiger partial charge in [0.25, 0.3) is 0 Å². The molecular formula is C16H21N5O2. The van der Waals surface area contributed by atoms with Gasteiger partial charge in [-0.05, 0) is 30.5 Å². The van der Waals surface area contributed by atoms with E-state index in [0.717, 1.165) is 11.3 Å². The normalized spacial score (nSPS) is 16.9. The summed E-state index contributed by atoms with van der Waals surface area (Å²) in [4.78, 5) is 16.6. The molecule has 122 valence electrons. The summed E-state index contributed by atoms with van der Waals surface area (Å²) in [6, 6.07) is 7.74. The maximum atomic E-state index is 12.7. The van der Waals surface area contributed by atoms with Crippen LogP contribution in [0.2, 0.25) is 0 Å². The zero-order chi connectivity index (χ0) is 16.1. The van der Waals surface area contributed by atoms with E-state index in [0.29, 0.717) is 39.1 Å². The van der Waals surface area contributed by atoms with E-state index in [-0.39, 0.29) is 5.91 Å². The van der Waals surface area contributed by atoms with E-state index in [9.17, 15) is 4.79 Å². The third-order valence-corrected chi connectivity index (χ3v) is 4.32. The van der Waals surface area contributed by atoms with Gasteiger partial charge in [0.15, 0.2) is 0 Å². The third-order valence-electron chi connectivity index (χ3n) is 4.32. The number of hydrogen-bond acceptors (Lipinski definition) is 5. The summed E-state index contributed by atoms with van der Waals surface area (Å²) in [7, 11) is 0. The van der Waals surface area contributed by atoms with Crippen molar-refractivity contribution in [2.75, 3.05) is 25.1 Å². The first-order valence-electron chi connectivity index (χ1n) is 7.72. The Balaban J connectivity index is 1.70. The summed E-state index contributed by atoms with van der Waals surface area (Å²) in [5.74, 6) is -0.0267. The minimum Gasteiger partial charge on any atom is -0.381 e. The van der Waals surface area contributed by atoms with Gasteiger partial charge < -0.3 is 15.8 Å². The van der Waals surface area contributed by atoms with Crippen LogP contribution in [0.15, 0.2) is 36.9 Å². The van der Waals surface area contributed by atoms with Crippen molar-refractivity contribution in [2.24, 2.45) is 11.1 Å². The zero-order valence-electron chi connectivity index (χ0n) is 12.9. The molecule has 2 aromatic rings. The van der Waals surface area contributed by atoms with E-state index in [2.05, 4.69) is 15.4 Å². The highest BCUT2D eigenvalue weighted by Crippen LogP contribution is 2.31. The lowest BCUT2D eigenvalue weighted by Gasteiger charge is -2.34. The van der Waals surface area contributed by atoms with Gasteiger partial charge in [-0.1, -0.05) is 12.1 Å². The van der Waals surface area contributed by atoms with Gasteiger partial charge in [0.2, 0.25) is 5.91 Å². The van der Waals surface area contributed by atoms with Gasteiger partial charge in [-0.15, -0.1) is 0 Å². The number of amides is 1. The lowest BCUT2D eigenvalue weighted by Crippen LogP contribution is -2.46. The Kier molecular flexibility index (Phi) is 4.68. The maximum absolute atomic E-state index is 12.7. The molecule has 0 atom stereocenters. The fraction of sp³-hybridized carbons (Fsp3) is 0.438. The predicted molar refractivity (Wildman–Crippen MR) is 85.7 cm³/mol. The van der Waals surface area contributed by atoms with Gasteiger partial charge in [0.1, 0.15) is 12.7 Å². The number of anilines is 1. The van der Waals surface area contributed by atoms with Crippen molar-refractivity contribution < 1.29 is 9.53 Å². The van der Waals surface area contributed by atoms with Crippen molar-refractivity contribution in [2.45, 2.75) is 19.4 Å². The Morgan fingerprint density at radius 3 is 2.91 bits per heavy atom. The molecule has 1 amide bonds. The summed E-state index contributed by atoms with van der Waals surface area (Å²) in [6.45, 7) is 2.11. The number of nitrogens with zero attached hydrogens (tertiary/aromatic N) is 3. The summed E-state index contributed by atoms with van der Waals surface area (Å²) < 4.78 is 7.09. The lowest BCUT2D eigenvalue weighted by molar-refractivity contribution is -0.130. The molecule has 1 aliphatic rings. The largest absolute Gasteiger partial charge is 0.381 e. The molecule has 7 nitrogen and oxygen atoms in total. The average Bonchev–Trinajstić information content (AvgIpc) is 3.08. The first-order valence-corrected chi connectivity index (χ1v) is 7.72. The number of ether oxygens (including phenoxy) is 1. The van der Waals surface area contributed by atoms with Crippen molar-refractivity contribution >= 4 is 11.6 Å². The minimum atomic E-state index is -0.528. The number of carbonyl (C=O) groups is 1. The molecule has 3 rings (SSSR count). The molecule has 0 unspecified atom stereocenters. The van der Waals surface area contributed by atoms with E-state index < -0.39 is 5.41 Å². The molecule has 1 fully saturated rings. The Hall–Kier alpha value is -2.25. The summed E-state index contributed by atoms with van der Waals surface area (Å²) in [5, 5.41) is 7.09. The standard InChI is InChI=1S/C16H21N5O2/c17-10-16(4-6-23-7-5-16)15(22)20-14-3-1-2-13(8-14)9-21-12-18-11-19-21/h1-3,8,11-12H,4-7,9-10,17H2,(H,20,22). The van der Waals surface area contributed by atoms with Gasteiger partial charge in [-0.25, -0.2) is 9.67 Å². The van der Waals surface area contributed by atoms with E-state index in [1.54, 1.807) is 11.0 Å². The summed E-state index contributed by atoms with van der Waals surface area (Å²) in [5.41, 5.74) is 7.16. The average molecular weight is 315 g/mol. The molecule has 1 aromatic carbocycles. The first-order chi connectivity index (χ1) is 11.2. The number of hydrogen-bond donors (Lipinski definition) is 2. The van der Waals surface area contributed by atoms with Crippen LogP contribution in [0.5, 0.6) is 0 Å². The van der Waals surface area contributed by atoms with Crippen LogP contribution < -0.4 is 11.1 Å². The predicted octanol–water partition coefficient (Wildman–Crippen LogP) is 1.02. The molecule has 1 aliphatic heterocycles. The molecule has 0 saturated carbocycles. The fourth-order valence-corrected chi connectivity index (χ4v) is 2.80. The Bertz CT molecular complexity index is 650. The number of rotatable bonds is 5. The van der Waals surface area contributed by atoms with Gasteiger partial charge in [0.05, 0.1) is 12.0 Å². The Morgan fingerprint density at radius 2 is 2.22 bits per heavy atom. The summed E-state index contributed by atoms with van der Waals surface area (Å²) >= 11 is 0. The number of benzene rings is 1. The van der Waals surface area contributed by atoms with Gasteiger partial charge in [0, 0.05) is 25.4 Å². The lowest BCUT2D eigenvalue weighted by atomic mass is 9.79. The van der Waals surface area contributed by atoms with E-state index >= 15 is 0 Å². The quantitative estimate of drug-likeness (QED) is 0.859. The van der Waals surface area contributed by atoms with Crippen LogP contribution in [0.25, 0.3) is 0 Å². The number of nitrogens with one attached hydrogen (secondary N) is 1. The Labute approximate surface area is 134 Å². The highest BCUT2D eigenvalue weighted by atomic mass is 16.5. The van der Waals surface area contributed by atoms with Crippen LogP contribution in [0, 0.1) is 5.41 Å². The SMILES string of the molecule is NCC1(C(=O)Nc2cccc(Cn3cncn3)c2)CCOCC1. The number of nitrogens with two attached hydrogens (primary N) is 1. The maximum Gasteiger partial charge on any atom is 0.232 e. The van der Waals surface area contributed by atoms with E-state index in [1.165, 1.54) is 6.33 Å². The second-order valence-corrected chi connectivity index (χ2v) is 5.84. The van der Waals surface area contributed by atoms with Crippen molar-refractivity contribution in [1.82, 2.24) is 14.8 Å². The van der Waals surface area contributed by atoms with Crippen LogP contribution in [-0.4, -0.2) is 40.4 Å². The molecule has 0 aliphatic carbocycles. The molecule has 7 heteroatoms. The number of aromatic nitrogens is 3. The molecular weight excluding hydrogens is 294 g/mol. The molecule has 1 aromatic heterocycles. The highest BCUT2D eigenvalue weighted by Gasteiger charge is 2.38. The molecule has 1 saturated heterocycles. The zero-order valence-corrected chi connectivity index (χ0v) is 12.9. The van der Waals surface area contributed by atoms with E-state index in [1.807, 2.05) is 24.3 Å². The Morgan fingerprint density at radius 1 is 1.39 bits per heavy atom. The van der Waals surface area contributed by atoms with Crippen molar-refractivity contribution in [3.8, 4) is 0 Å². The molecule has 0 spiro atoms. The van der Waals surface area contributed by atoms with Crippen LogP contribution in [0.1, 0.15) is 18.4 Å². The van der Waals surface area contributed by atoms with Crippen LogP contribution in [0.4, 0.5) is 5.69 Å². The van der Waals surface area contributed by atoms with Gasteiger partial charge >= 0.3 is 0 Å². The molecule has 23 heavy (non-hydrogen) atoms. The van der Waals surface area contributed by atoms with Gasteiger partial charge in [-0.3, -0.25) is 4.79 Å². The fourth-order valence-electron chi connectivity index (χ4n) is 2.80. The second-order valence-electron chi connectivity index (χ2n) is 5.84. The number of carbonyl (C=O) groups excluding carboxylic acids is 1. The van der Waals surface area contributed by atoms with Crippen LogP contribution in [-0.2, 0) is 16.1 Å². The molecule has 0 bridgehead atoms.